The van der Waals surface area contributed by atoms with E-state index in [9.17, 15) is 19.5 Å². The van der Waals surface area contributed by atoms with Gasteiger partial charge in [0, 0.05) is 47.9 Å². The molecule has 3 heterocycles. The number of anilines is 2. The highest BCUT2D eigenvalue weighted by Crippen LogP contribution is 2.43. The van der Waals surface area contributed by atoms with Crippen molar-refractivity contribution in [2.75, 3.05) is 37.4 Å². The van der Waals surface area contributed by atoms with Crippen LogP contribution in [0, 0.1) is 0 Å². The van der Waals surface area contributed by atoms with Gasteiger partial charge in [-0.05, 0) is 85.3 Å². The number of methoxy groups -OCH3 is 1. The number of carboxylic acids is 1. The minimum Gasteiger partial charge on any atom is -0.497 e. The van der Waals surface area contributed by atoms with Crippen molar-refractivity contribution >= 4 is 39.8 Å². The number of thiophene rings is 1. The molecule has 3 aromatic carbocycles. The fourth-order valence-corrected chi connectivity index (χ4v) is 7.49. The number of carbonyl (C=O) groups is 3. The highest BCUT2D eigenvalue weighted by atomic mass is 32.1. The van der Waals surface area contributed by atoms with Gasteiger partial charge in [-0.1, -0.05) is 30.3 Å². The zero-order chi connectivity index (χ0) is 32.8. The van der Waals surface area contributed by atoms with Crippen LogP contribution in [0.5, 0.6) is 5.75 Å². The van der Waals surface area contributed by atoms with E-state index in [0.29, 0.717) is 53.5 Å². The largest absolute Gasteiger partial charge is 0.497 e. The summed E-state index contributed by atoms with van der Waals surface area (Å²) in [6.45, 7) is 2.18. The van der Waals surface area contributed by atoms with Gasteiger partial charge >= 0.3 is 5.97 Å². The van der Waals surface area contributed by atoms with Crippen LogP contribution in [0.3, 0.4) is 0 Å². The average molecular weight is 655 g/mol. The van der Waals surface area contributed by atoms with E-state index in [-0.39, 0.29) is 30.6 Å². The van der Waals surface area contributed by atoms with E-state index in [1.54, 1.807) is 55.6 Å². The number of rotatable bonds is 11. The second kappa shape index (κ2) is 14.8. The van der Waals surface area contributed by atoms with Crippen molar-refractivity contribution in [3.8, 4) is 5.75 Å². The third-order valence-electron chi connectivity index (χ3n) is 8.56. The van der Waals surface area contributed by atoms with Gasteiger partial charge in [0.15, 0.2) is 0 Å². The van der Waals surface area contributed by atoms with Crippen LogP contribution >= 0.6 is 11.3 Å². The highest BCUT2D eigenvalue weighted by Gasteiger charge is 2.35. The first-order valence-corrected chi connectivity index (χ1v) is 16.6. The first-order chi connectivity index (χ1) is 22.9. The van der Waals surface area contributed by atoms with Crippen molar-refractivity contribution in [1.82, 2.24) is 10.2 Å². The maximum absolute atomic E-state index is 13.4. The number of hydrogen-bond donors (Lipinski definition) is 4. The van der Waals surface area contributed by atoms with Gasteiger partial charge in [-0.2, -0.15) is 0 Å². The van der Waals surface area contributed by atoms with Crippen LogP contribution in [-0.2, 0) is 17.7 Å². The van der Waals surface area contributed by atoms with E-state index in [0.717, 1.165) is 41.0 Å². The molecule has 4 aromatic rings. The molecular weight excluding hydrogens is 616 g/mol. The second-order valence-corrected chi connectivity index (χ2v) is 12.7. The van der Waals surface area contributed by atoms with E-state index in [4.69, 9.17) is 9.47 Å². The van der Waals surface area contributed by atoms with Crippen LogP contribution in [-0.4, -0.2) is 60.8 Å². The van der Waals surface area contributed by atoms with Gasteiger partial charge in [0.25, 0.3) is 11.8 Å². The number of hydrogen-bond acceptors (Lipinski definition) is 8. The summed E-state index contributed by atoms with van der Waals surface area (Å²) in [4.78, 5) is 41.7. The predicted octanol–water partition coefficient (Wildman–Crippen LogP) is 6.18. The minimum absolute atomic E-state index is 0.226. The molecule has 10 nitrogen and oxygen atoms in total. The molecule has 4 N–H and O–H groups in total. The third kappa shape index (κ3) is 7.65. The maximum Gasteiger partial charge on any atom is 0.338 e. The van der Waals surface area contributed by atoms with Crippen molar-refractivity contribution in [2.24, 2.45) is 0 Å². The normalized spacial score (nSPS) is 17.7. The van der Waals surface area contributed by atoms with Gasteiger partial charge in [0.2, 0.25) is 0 Å². The summed E-state index contributed by atoms with van der Waals surface area (Å²) in [6.07, 6.45) is 3.20. The van der Waals surface area contributed by atoms with Crippen molar-refractivity contribution in [1.29, 1.82) is 0 Å². The summed E-state index contributed by atoms with van der Waals surface area (Å²) >= 11 is 1.44. The Bertz CT molecular complexity index is 1700. The molecule has 1 saturated heterocycles. The molecule has 1 aromatic heterocycles. The molecule has 6 rings (SSSR count). The lowest BCUT2D eigenvalue weighted by atomic mass is 9.96. The summed E-state index contributed by atoms with van der Waals surface area (Å²) in [5.74, 6) is -0.680. The second-order valence-electron chi connectivity index (χ2n) is 11.6. The molecule has 1 fully saturated rings. The molecule has 2 aliphatic rings. The van der Waals surface area contributed by atoms with E-state index >= 15 is 0 Å². The number of ether oxygens (including phenoxy) is 2. The molecule has 0 saturated carbocycles. The van der Waals surface area contributed by atoms with Crippen molar-refractivity contribution < 1.29 is 29.0 Å². The molecule has 2 unspecified atom stereocenters. The van der Waals surface area contributed by atoms with Crippen LogP contribution in [0.1, 0.15) is 72.4 Å². The lowest BCUT2D eigenvalue weighted by Crippen LogP contribution is -2.41. The standard InChI is InChI=1S/C36H38N4O6S/c1-45-27-16-10-23(11-17-27)22-40-19-18-28-31(36(43)44)35(39-30-9-5-6-20-46-30)47-32(28)29(40)21-37-33(41)25-12-14-26(15-13-25)38-34(42)24-7-3-2-4-8-24/h2-4,7-8,10-17,29-30,39H,5-6,9,18-22H2,1H3,(H,37,41)(H,38,42)(H,43,44). The number of amides is 2. The van der Waals surface area contributed by atoms with E-state index in [1.165, 1.54) is 11.3 Å². The molecule has 47 heavy (non-hydrogen) atoms. The van der Waals surface area contributed by atoms with Crippen LogP contribution in [0.25, 0.3) is 0 Å². The fourth-order valence-electron chi connectivity index (χ4n) is 6.07. The van der Waals surface area contributed by atoms with Crippen LogP contribution in [0.4, 0.5) is 10.7 Å². The van der Waals surface area contributed by atoms with Gasteiger partial charge in [0.1, 0.15) is 17.0 Å². The number of nitrogens with one attached hydrogen (secondary N) is 3. The zero-order valence-corrected chi connectivity index (χ0v) is 27.0. The van der Waals surface area contributed by atoms with E-state index in [1.807, 2.05) is 30.3 Å². The molecule has 0 aliphatic carbocycles. The van der Waals surface area contributed by atoms with Gasteiger partial charge in [0.05, 0.1) is 18.7 Å². The molecule has 244 valence electrons. The third-order valence-corrected chi connectivity index (χ3v) is 9.82. The molecule has 2 atom stereocenters. The van der Waals surface area contributed by atoms with E-state index in [2.05, 4.69) is 20.9 Å². The summed E-state index contributed by atoms with van der Waals surface area (Å²) in [5.41, 5.74) is 3.78. The Hall–Kier alpha value is -4.71. The Morgan fingerprint density at radius 1 is 0.957 bits per heavy atom. The smallest absolute Gasteiger partial charge is 0.338 e. The topological polar surface area (TPSA) is 129 Å². The first kappa shape index (κ1) is 32.2. The lowest BCUT2D eigenvalue weighted by molar-refractivity contribution is 0.0344. The van der Waals surface area contributed by atoms with E-state index < -0.39 is 5.97 Å². The summed E-state index contributed by atoms with van der Waals surface area (Å²) in [7, 11) is 1.63. The minimum atomic E-state index is -0.966. The lowest BCUT2D eigenvalue weighted by Gasteiger charge is -2.36. The average Bonchev–Trinajstić information content (AvgIpc) is 3.47. The van der Waals surface area contributed by atoms with Crippen LogP contribution in [0.2, 0.25) is 0 Å². The molecule has 0 radical (unpaired) electrons. The van der Waals surface area contributed by atoms with Crippen molar-refractivity contribution in [3.63, 3.8) is 0 Å². The summed E-state index contributed by atoms with van der Waals surface area (Å²) < 4.78 is 11.2. The predicted molar refractivity (Wildman–Crippen MR) is 182 cm³/mol. The fraction of sp³-hybridized carbons (Fsp3) is 0.306. The first-order valence-electron chi connectivity index (χ1n) is 15.8. The number of fused-ring (bicyclic) bond motifs is 1. The Morgan fingerprint density at radius 2 is 1.70 bits per heavy atom. The molecular formula is C36H38N4O6S. The zero-order valence-electron chi connectivity index (χ0n) is 26.2. The Morgan fingerprint density at radius 3 is 2.38 bits per heavy atom. The highest BCUT2D eigenvalue weighted by molar-refractivity contribution is 7.16. The molecule has 11 heteroatoms. The summed E-state index contributed by atoms with van der Waals surface area (Å²) in [6, 6.07) is 23.3. The Labute approximate surface area is 277 Å². The summed E-state index contributed by atoms with van der Waals surface area (Å²) in [5, 5.41) is 20.2. The van der Waals surface area contributed by atoms with Crippen LogP contribution in [0.15, 0.2) is 78.9 Å². The maximum atomic E-state index is 13.4. The molecule has 2 amide bonds. The van der Waals surface area contributed by atoms with Gasteiger partial charge in [-0.3, -0.25) is 14.5 Å². The number of benzene rings is 3. The number of carbonyl (C=O) groups excluding carboxylic acids is 2. The molecule has 2 aliphatic heterocycles. The van der Waals surface area contributed by atoms with Crippen molar-refractivity contribution in [3.05, 3.63) is 112 Å². The number of carboxylic acid groups (broad SMARTS) is 1. The Balaban J connectivity index is 1.21. The van der Waals surface area contributed by atoms with Gasteiger partial charge in [-0.15, -0.1) is 11.3 Å². The number of aromatic carboxylic acids is 1. The van der Waals surface area contributed by atoms with Gasteiger partial charge in [-0.25, -0.2) is 4.79 Å². The van der Waals surface area contributed by atoms with Crippen LogP contribution < -0.4 is 20.7 Å². The molecule has 0 spiro atoms. The molecule has 0 bridgehead atoms. The van der Waals surface area contributed by atoms with Gasteiger partial charge < -0.3 is 30.5 Å². The van der Waals surface area contributed by atoms with Crippen molar-refractivity contribution in [2.45, 2.75) is 44.5 Å². The monoisotopic (exact) mass is 654 g/mol. The SMILES string of the molecule is COc1ccc(CN2CCc3c(sc(NC4CCCCO4)c3C(=O)O)C2CNC(=O)c2ccc(NC(=O)c3ccccc3)cc2)cc1. The number of nitrogens with zero attached hydrogens (tertiary/aromatic N) is 1. The quantitative estimate of drug-likeness (QED) is 0.151. The Kier molecular flexibility index (Phi) is 10.2.